The van der Waals surface area contributed by atoms with E-state index in [1.165, 1.54) is 0 Å². The fourth-order valence-corrected chi connectivity index (χ4v) is 2.71. The summed E-state index contributed by atoms with van der Waals surface area (Å²) in [5.74, 6) is 0.510. The Morgan fingerprint density at radius 1 is 1.25 bits per heavy atom. The number of nitrogens with zero attached hydrogens (tertiary/aromatic N) is 1. The number of aromatic nitrogens is 1. The summed E-state index contributed by atoms with van der Waals surface area (Å²) < 4.78 is 0. The van der Waals surface area contributed by atoms with Crippen LogP contribution in [0.1, 0.15) is 23.3 Å². The standard InChI is InChI=1S/C16H19N3O/c20-16(19-11-12-5-8-17-9-6-12)15-14-4-2-1-3-13(14)7-10-18-15/h1-4,7,10,12,17H,5-6,8-9,11H2,(H,19,20). The van der Waals surface area contributed by atoms with Crippen LogP contribution >= 0.6 is 0 Å². The summed E-state index contributed by atoms with van der Waals surface area (Å²) in [7, 11) is 0. The number of hydrogen-bond donors (Lipinski definition) is 2. The molecule has 104 valence electrons. The average Bonchev–Trinajstić information content (AvgIpc) is 2.53. The minimum absolute atomic E-state index is 0.0691. The van der Waals surface area contributed by atoms with E-state index in [-0.39, 0.29) is 5.91 Å². The van der Waals surface area contributed by atoms with Crippen LogP contribution in [0.3, 0.4) is 0 Å². The first-order chi connectivity index (χ1) is 9.84. The molecule has 0 bridgehead atoms. The maximum atomic E-state index is 12.3. The number of fused-ring (bicyclic) bond motifs is 1. The van der Waals surface area contributed by atoms with E-state index in [2.05, 4.69) is 15.6 Å². The number of piperidine rings is 1. The van der Waals surface area contributed by atoms with Crippen LogP contribution in [0, 0.1) is 5.92 Å². The van der Waals surface area contributed by atoms with Crippen molar-refractivity contribution in [1.29, 1.82) is 0 Å². The molecule has 4 heteroatoms. The van der Waals surface area contributed by atoms with Gasteiger partial charge in [0.15, 0.2) is 0 Å². The van der Waals surface area contributed by atoms with Gasteiger partial charge in [-0.2, -0.15) is 0 Å². The van der Waals surface area contributed by atoms with Crippen molar-refractivity contribution in [2.24, 2.45) is 5.92 Å². The van der Waals surface area contributed by atoms with Gasteiger partial charge < -0.3 is 10.6 Å². The largest absolute Gasteiger partial charge is 0.350 e. The summed E-state index contributed by atoms with van der Waals surface area (Å²) in [5, 5.41) is 8.33. The highest BCUT2D eigenvalue weighted by Gasteiger charge is 2.16. The summed E-state index contributed by atoms with van der Waals surface area (Å²) >= 11 is 0. The number of rotatable bonds is 3. The molecular formula is C16H19N3O. The van der Waals surface area contributed by atoms with Crippen molar-refractivity contribution in [2.45, 2.75) is 12.8 Å². The Kier molecular flexibility index (Phi) is 3.92. The van der Waals surface area contributed by atoms with Gasteiger partial charge in [-0.25, -0.2) is 0 Å². The Balaban J connectivity index is 1.72. The normalized spacial score (nSPS) is 16.2. The van der Waals surface area contributed by atoms with Crippen molar-refractivity contribution in [1.82, 2.24) is 15.6 Å². The maximum absolute atomic E-state index is 12.3. The quantitative estimate of drug-likeness (QED) is 0.895. The van der Waals surface area contributed by atoms with E-state index >= 15 is 0 Å². The van der Waals surface area contributed by atoms with Crippen molar-refractivity contribution in [3.05, 3.63) is 42.2 Å². The molecule has 0 aliphatic carbocycles. The number of nitrogens with one attached hydrogen (secondary N) is 2. The molecule has 0 saturated carbocycles. The van der Waals surface area contributed by atoms with Crippen LogP contribution in [0.15, 0.2) is 36.5 Å². The first kappa shape index (κ1) is 13.1. The molecule has 2 N–H and O–H groups in total. The lowest BCUT2D eigenvalue weighted by Gasteiger charge is -2.22. The van der Waals surface area contributed by atoms with Crippen LogP contribution in [0.4, 0.5) is 0 Å². The lowest BCUT2D eigenvalue weighted by atomic mass is 9.98. The zero-order valence-corrected chi connectivity index (χ0v) is 11.4. The van der Waals surface area contributed by atoms with Crippen molar-refractivity contribution in [3.8, 4) is 0 Å². The van der Waals surface area contributed by atoms with Crippen LogP contribution in [-0.4, -0.2) is 30.5 Å². The molecule has 0 atom stereocenters. The summed E-state index contributed by atoms with van der Waals surface area (Å²) in [5.41, 5.74) is 0.525. The first-order valence-corrected chi connectivity index (χ1v) is 7.17. The van der Waals surface area contributed by atoms with Crippen molar-refractivity contribution in [2.75, 3.05) is 19.6 Å². The Bertz CT molecular complexity index is 600. The van der Waals surface area contributed by atoms with Crippen LogP contribution in [0.5, 0.6) is 0 Å². The molecule has 1 aliphatic rings. The molecule has 1 amide bonds. The smallest absolute Gasteiger partial charge is 0.270 e. The van der Waals surface area contributed by atoms with Gasteiger partial charge in [0.25, 0.3) is 5.91 Å². The molecule has 0 spiro atoms. The lowest BCUT2D eigenvalue weighted by molar-refractivity contribution is 0.0941. The van der Waals surface area contributed by atoms with E-state index in [0.717, 1.165) is 43.2 Å². The fraction of sp³-hybridized carbons (Fsp3) is 0.375. The molecular weight excluding hydrogens is 250 g/mol. The number of benzene rings is 1. The summed E-state index contributed by atoms with van der Waals surface area (Å²) in [4.78, 5) is 16.6. The third-order valence-corrected chi connectivity index (χ3v) is 3.90. The highest BCUT2D eigenvalue weighted by molar-refractivity contribution is 6.05. The molecule has 0 radical (unpaired) electrons. The SMILES string of the molecule is O=C(NCC1CCNCC1)c1nccc2ccccc12. The molecule has 3 rings (SSSR count). The van der Waals surface area contributed by atoms with Gasteiger partial charge >= 0.3 is 0 Å². The van der Waals surface area contributed by atoms with E-state index in [1.807, 2.05) is 30.3 Å². The third-order valence-electron chi connectivity index (χ3n) is 3.90. The van der Waals surface area contributed by atoms with E-state index in [1.54, 1.807) is 6.20 Å². The monoisotopic (exact) mass is 269 g/mol. The van der Waals surface area contributed by atoms with Crippen LogP contribution in [-0.2, 0) is 0 Å². The van der Waals surface area contributed by atoms with Crippen LogP contribution in [0.2, 0.25) is 0 Å². The van der Waals surface area contributed by atoms with Gasteiger partial charge in [0.05, 0.1) is 0 Å². The number of pyridine rings is 1. The Labute approximate surface area is 118 Å². The molecule has 1 aromatic heterocycles. The highest BCUT2D eigenvalue weighted by atomic mass is 16.1. The topological polar surface area (TPSA) is 54.0 Å². The summed E-state index contributed by atoms with van der Waals surface area (Å²) in [6.07, 6.45) is 3.95. The highest BCUT2D eigenvalue weighted by Crippen LogP contribution is 2.16. The zero-order chi connectivity index (χ0) is 13.8. The van der Waals surface area contributed by atoms with Crippen molar-refractivity contribution < 1.29 is 4.79 Å². The predicted molar refractivity (Wildman–Crippen MR) is 79.7 cm³/mol. The van der Waals surface area contributed by atoms with Crippen molar-refractivity contribution in [3.63, 3.8) is 0 Å². The van der Waals surface area contributed by atoms with Crippen LogP contribution < -0.4 is 10.6 Å². The van der Waals surface area contributed by atoms with E-state index in [9.17, 15) is 4.79 Å². The second kappa shape index (κ2) is 6.01. The predicted octanol–water partition coefficient (Wildman–Crippen LogP) is 1.96. The van der Waals surface area contributed by atoms with Gasteiger partial charge in [0, 0.05) is 18.1 Å². The molecule has 1 saturated heterocycles. The number of carbonyl (C=O) groups is 1. The molecule has 1 aliphatic heterocycles. The lowest BCUT2D eigenvalue weighted by Crippen LogP contribution is -2.36. The number of carbonyl (C=O) groups excluding carboxylic acids is 1. The van der Waals surface area contributed by atoms with Gasteiger partial charge in [0.2, 0.25) is 0 Å². The molecule has 2 heterocycles. The molecule has 1 fully saturated rings. The third kappa shape index (κ3) is 2.80. The maximum Gasteiger partial charge on any atom is 0.270 e. The zero-order valence-electron chi connectivity index (χ0n) is 11.4. The minimum atomic E-state index is -0.0691. The van der Waals surface area contributed by atoms with Gasteiger partial charge in [-0.15, -0.1) is 0 Å². The van der Waals surface area contributed by atoms with Gasteiger partial charge in [-0.1, -0.05) is 24.3 Å². The Hall–Kier alpha value is -1.94. The molecule has 20 heavy (non-hydrogen) atoms. The van der Waals surface area contributed by atoms with E-state index in [0.29, 0.717) is 11.6 Å². The average molecular weight is 269 g/mol. The second-order valence-electron chi connectivity index (χ2n) is 5.28. The Morgan fingerprint density at radius 2 is 2.05 bits per heavy atom. The van der Waals surface area contributed by atoms with Gasteiger partial charge in [0.1, 0.15) is 5.69 Å². The van der Waals surface area contributed by atoms with E-state index in [4.69, 9.17) is 0 Å². The van der Waals surface area contributed by atoms with Gasteiger partial charge in [-0.05, 0) is 43.3 Å². The summed E-state index contributed by atoms with van der Waals surface area (Å²) in [6.45, 7) is 2.84. The number of amides is 1. The minimum Gasteiger partial charge on any atom is -0.350 e. The molecule has 1 aromatic carbocycles. The van der Waals surface area contributed by atoms with Crippen molar-refractivity contribution >= 4 is 16.7 Å². The second-order valence-corrected chi connectivity index (χ2v) is 5.28. The van der Waals surface area contributed by atoms with E-state index < -0.39 is 0 Å². The molecule has 0 unspecified atom stereocenters. The summed E-state index contributed by atoms with van der Waals surface area (Å²) in [6, 6.07) is 9.79. The van der Waals surface area contributed by atoms with Gasteiger partial charge in [-0.3, -0.25) is 9.78 Å². The first-order valence-electron chi connectivity index (χ1n) is 7.17. The Morgan fingerprint density at radius 3 is 2.90 bits per heavy atom. The molecule has 4 nitrogen and oxygen atoms in total. The number of hydrogen-bond acceptors (Lipinski definition) is 3. The molecule has 2 aromatic rings. The fourth-order valence-electron chi connectivity index (χ4n) is 2.71. The van der Waals surface area contributed by atoms with Crippen LogP contribution in [0.25, 0.3) is 10.8 Å².